The Kier molecular flexibility index (Phi) is 5.62. The number of likely N-dealkylation sites (tertiary alicyclic amines) is 1. The van der Waals surface area contributed by atoms with Crippen molar-refractivity contribution in [1.82, 2.24) is 4.90 Å². The number of rotatable bonds is 5. The van der Waals surface area contributed by atoms with Crippen molar-refractivity contribution in [2.45, 2.75) is 46.6 Å². The fourth-order valence-electron chi connectivity index (χ4n) is 2.26. The van der Waals surface area contributed by atoms with Crippen LogP contribution in [0, 0.1) is 11.8 Å². The van der Waals surface area contributed by atoms with Gasteiger partial charge in [-0.15, -0.1) is 0 Å². The summed E-state index contributed by atoms with van der Waals surface area (Å²) in [5.41, 5.74) is 0. The summed E-state index contributed by atoms with van der Waals surface area (Å²) in [6.07, 6.45) is 3.15. The predicted molar refractivity (Wildman–Crippen MR) is 65.1 cm³/mol. The van der Waals surface area contributed by atoms with Gasteiger partial charge in [0.1, 0.15) is 0 Å². The van der Waals surface area contributed by atoms with E-state index in [0.717, 1.165) is 25.0 Å². The summed E-state index contributed by atoms with van der Waals surface area (Å²) >= 11 is 0. The molecule has 0 unspecified atom stereocenters. The van der Waals surface area contributed by atoms with Gasteiger partial charge in [0.05, 0.1) is 12.7 Å². The lowest BCUT2D eigenvalue weighted by Crippen LogP contribution is -2.39. The predicted octanol–water partition coefficient (Wildman–Crippen LogP) is 2.78. The summed E-state index contributed by atoms with van der Waals surface area (Å²) in [6, 6.07) is 0. The van der Waals surface area contributed by atoms with Gasteiger partial charge in [-0.25, -0.2) is 0 Å². The molecule has 0 spiro atoms. The first-order valence-corrected chi connectivity index (χ1v) is 6.43. The van der Waals surface area contributed by atoms with Gasteiger partial charge in [0.2, 0.25) is 0 Å². The maximum atomic E-state index is 5.60. The molecule has 0 radical (unpaired) electrons. The molecule has 1 aliphatic heterocycles. The Morgan fingerprint density at radius 3 is 2.60 bits per heavy atom. The van der Waals surface area contributed by atoms with Gasteiger partial charge in [-0.3, -0.25) is 0 Å². The largest absolute Gasteiger partial charge is 0.377 e. The van der Waals surface area contributed by atoms with Gasteiger partial charge in [-0.2, -0.15) is 0 Å². The zero-order chi connectivity index (χ0) is 11.3. The van der Waals surface area contributed by atoms with Crippen LogP contribution in [-0.2, 0) is 4.74 Å². The normalized spacial score (nSPS) is 24.0. The van der Waals surface area contributed by atoms with E-state index in [-0.39, 0.29) is 0 Å². The fraction of sp³-hybridized carbons (Fsp3) is 1.00. The highest BCUT2D eigenvalue weighted by atomic mass is 16.5. The molecule has 0 amide bonds. The number of hydrogen-bond donors (Lipinski definition) is 0. The highest BCUT2D eigenvalue weighted by Crippen LogP contribution is 2.23. The van der Waals surface area contributed by atoms with Crippen molar-refractivity contribution in [2.24, 2.45) is 11.8 Å². The van der Waals surface area contributed by atoms with Crippen molar-refractivity contribution in [3.8, 4) is 0 Å². The molecule has 0 aliphatic carbocycles. The van der Waals surface area contributed by atoms with E-state index in [9.17, 15) is 0 Å². The van der Waals surface area contributed by atoms with Crippen LogP contribution in [-0.4, -0.2) is 37.2 Å². The van der Waals surface area contributed by atoms with Crippen LogP contribution in [0.4, 0.5) is 0 Å². The van der Waals surface area contributed by atoms with Gasteiger partial charge in [-0.1, -0.05) is 13.8 Å². The minimum Gasteiger partial charge on any atom is -0.377 e. The van der Waals surface area contributed by atoms with Crippen LogP contribution in [0.1, 0.15) is 40.5 Å². The Labute approximate surface area is 95.0 Å². The van der Waals surface area contributed by atoms with E-state index in [1.807, 2.05) is 0 Å². The average Bonchev–Trinajstić information content (AvgIpc) is 2.17. The first kappa shape index (κ1) is 13.0. The lowest BCUT2D eigenvalue weighted by Gasteiger charge is -2.34. The highest BCUT2D eigenvalue weighted by molar-refractivity contribution is 4.74. The summed E-state index contributed by atoms with van der Waals surface area (Å²) in [6.45, 7) is 13.4. The minimum absolute atomic E-state index is 0.371. The molecule has 2 heteroatoms. The van der Waals surface area contributed by atoms with Crippen LogP contribution in [0.5, 0.6) is 0 Å². The minimum atomic E-state index is 0.371. The van der Waals surface area contributed by atoms with E-state index in [2.05, 4.69) is 32.6 Å². The second kappa shape index (κ2) is 6.49. The van der Waals surface area contributed by atoms with Gasteiger partial charge < -0.3 is 9.64 Å². The second-order valence-corrected chi connectivity index (χ2v) is 5.37. The molecule has 0 aromatic heterocycles. The van der Waals surface area contributed by atoms with Crippen molar-refractivity contribution in [2.75, 3.05) is 26.2 Å². The van der Waals surface area contributed by atoms with E-state index in [1.165, 1.54) is 25.9 Å². The molecule has 0 saturated carbocycles. The monoisotopic (exact) mass is 213 g/mol. The molecule has 1 heterocycles. The molecule has 0 aromatic rings. The van der Waals surface area contributed by atoms with Crippen LogP contribution in [0.2, 0.25) is 0 Å². The number of hydrogen-bond acceptors (Lipinski definition) is 2. The maximum Gasteiger partial charge on any atom is 0.0596 e. The fourth-order valence-corrected chi connectivity index (χ4v) is 2.26. The van der Waals surface area contributed by atoms with Crippen molar-refractivity contribution in [3.05, 3.63) is 0 Å². The SMILES string of the molecule is CC(C)OCCN1CCC[C@@H](C(C)C)C1. The highest BCUT2D eigenvalue weighted by Gasteiger charge is 2.21. The van der Waals surface area contributed by atoms with E-state index < -0.39 is 0 Å². The summed E-state index contributed by atoms with van der Waals surface area (Å²) in [7, 11) is 0. The van der Waals surface area contributed by atoms with Gasteiger partial charge in [-0.05, 0) is 45.1 Å². The van der Waals surface area contributed by atoms with Gasteiger partial charge in [0.15, 0.2) is 0 Å². The molecular weight excluding hydrogens is 186 g/mol. The third-order valence-electron chi connectivity index (χ3n) is 3.34. The third kappa shape index (κ3) is 4.98. The number of ether oxygens (including phenoxy) is 1. The van der Waals surface area contributed by atoms with Crippen LogP contribution in [0.25, 0.3) is 0 Å². The maximum absolute atomic E-state index is 5.60. The third-order valence-corrected chi connectivity index (χ3v) is 3.34. The van der Waals surface area contributed by atoms with Crippen LogP contribution in [0.15, 0.2) is 0 Å². The zero-order valence-electron chi connectivity index (χ0n) is 10.8. The van der Waals surface area contributed by atoms with Crippen molar-refractivity contribution in [1.29, 1.82) is 0 Å². The number of nitrogens with zero attached hydrogens (tertiary/aromatic N) is 1. The van der Waals surface area contributed by atoms with Gasteiger partial charge in [0.25, 0.3) is 0 Å². The Bertz CT molecular complexity index is 168. The summed E-state index contributed by atoms with van der Waals surface area (Å²) in [4.78, 5) is 2.57. The van der Waals surface area contributed by atoms with E-state index in [4.69, 9.17) is 4.74 Å². The van der Waals surface area contributed by atoms with E-state index in [1.54, 1.807) is 0 Å². The Balaban J connectivity index is 2.18. The summed E-state index contributed by atoms with van der Waals surface area (Å²) < 4.78 is 5.60. The van der Waals surface area contributed by atoms with Crippen LogP contribution in [0.3, 0.4) is 0 Å². The molecule has 0 N–H and O–H groups in total. The molecular formula is C13H27NO. The molecule has 2 nitrogen and oxygen atoms in total. The molecule has 0 bridgehead atoms. The quantitative estimate of drug-likeness (QED) is 0.696. The molecule has 15 heavy (non-hydrogen) atoms. The average molecular weight is 213 g/mol. The molecule has 1 aliphatic rings. The van der Waals surface area contributed by atoms with Crippen molar-refractivity contribution < 1.29 is 4.74 Å². The first-order valence-electron chi connectivity index (χ1n) is 6.43. The van der Waals surface area contributed by atoms with Crippen LogP contribution >= 0.6 is 0 Å². The van der Waals surface area contributed by atoms with Crippen molar-refractivity contribution >= 4 is 0 Å². The molecule has 1 fully saturated rings. The van der Waals surface area contributed by atoms with E-state index in [0.29, 0.717) is 6.10 Å². The summed E-state index contributed by atoms with van der Waals surface area (Å²) in [5, 5.41) is 0. The van der Waals surface area contributed by atoms with Gasteiger partial charge >= 0.3 is 0 Å². The molecule has 0 aromatic carbocycles. The smallest absolute Gasteiger partial charge is 0.0596 e. The van der Waals surface area contributed by atoms with E-state index >= 15 is 0 Å². The Hall–Kier alpha value is -0.0800. The lowest BCUT2D eigenvalue weighted by molar-refractivity contribution is 0.0448. The molecule has 1 saturated heterocycles. The molecule has 1 rings (SSSR count). The Morgan fingerprint density at radius 1 is 1.27 bits per heavy atom. The van der Waals surface area contributed by atoms with Crippen molar-refractivity contribution in [3.63, 3.8) is 0 Å². The summed E-state index contributed by atoms with van der Waals surface area (Å²) in [5.74, 6) is 1.73. The molecule has 90 valence electrons. The molecule has 1 atom stereocenters. The van der Waals surface area contributed by atoms with Crippen LogP contribution < -0.4 is 0 Å². The first-order chi connectivity index (χ1) is 7.09. The lowest BCUT2D eigenvalue weighted by atomic mass is 9.88. The zero-order valence-corrected chi connectivity index (χ0v) is 10.8. The number of piperidine rings is 1. The second-order valence-electron chi connectivity index (χ2n) is 5.37. The topological polar surface area (TPSA) is 12.5 Å². The standard InChI is InChI=1S/C13H27NO/c1-11(2)13-6-5-7-14(10-13)8-9-15-12(3)4/h11-13H,5-10H2,1-4H3/t13-/m1/s1. The Morgan fingerprint density at radius 2 is 2.00 bits per heavy atom. The van der Waals surface area contributed by atoms with Gasteiger partial charge in [0, 0.05) is 13.1 Å².